The van der Waals surface area contributed by atoms with Gasteiger partial charge in [-0.2, -0.15) is 0 Å². The number of carbonyl (C=O) groups is 1. The first-order valence-corrected chi connectivity index (χ1v) is 3.09. The van der Waals surface area contributed by atoms with Crippen LogP contribution in [0.25, 0.3) is 0 Å². The molecule has 1 aromatic rings. The van der Waals surface area contributed by atoms with Crippen molar-refractivity contribution in [3.8, 4) is 0 Å². The van der Waals surface area contributed by atoms with E-state index in [1.807, 2.05) is 0 Å². The Bertz CT molecular complexity index is 231. The quantitative estimate of drug-likeness (QED) is 0.572. The van der Waals surface area contributed by atoms with Crippen molar-refractivity contribution >= 4 is 22.4 Å². The molecule has 1 heterocycles. The summed E-state index contributed by atoms with van der Waals surface area (Å²) in [4.78, 5) is 14.0. The highest BCUT2D eigenvalue weighted by Crippen LogP contribution is 2.09. The molecule has 0 aromatic carbocycles. The predicted molar refractivity (Wildman–Crippen MR) is 35.0 cm³/mol. The summed E-state index contributed by atoms with van der Waals surface area (Å²) < 4.78 is 0. The van der Waals surface area contributed by atoms with E-state index in [0.717, 1.165) is 0 Å². The van der Waals surface area contributed by atoms with Crippen LogP contribution in [0, 0.1) is 0 Å². The van der Waals surface area contributed by atoms with Crippen molar-refractivity contribution in [3.63, 3.8) is 0 Å². The molecule has 0 spiro atoms. The SMILES string of the molecule is NC(=O)c1csc(N)n1. The van der Waals surface area contributed by atoms with E-state index in [1.165, 1.54) is 16.7 Å². The monoisotopic (exact) mass is 143 g/mol. The molecule has 1 aromatic heterocycles. The summed E-state index contributed by atoms with van der Waals surface area (Å²) in [5.41, 5.74) is 10.3. The normalized spacial score (nSPS) is 9.33. The first kappa shape index (κ1) is 6.03. The summed E-state index contributed by atoms with van der Waals surface area (Å²) in [6, 6.07) is 0. The Morgan fingerprint density at radius 1 is 1.78 bits per heavy atom. The van der Waals surface area contributed by atoms with E-state index < -0.39 is 5.91 Å². The Kier molecular flexibility index (Phi) is 1.35. The van der Waals surface area contributed by atoms with Gasteiger partial charge >= 0.3 is 0 Å². The fraction of sp³-hybridized carbons (Fsp3) is 0. The third-order valence-corrected chi connectivity index (χ3v) is 1.45. The number of thiazole rings is 1. The molecule has 0 radical (unpaired) electrons. The topological polar surface area (TPSA) is 82.0 Å². The van der Waals surface area contributed by atoms with Crippen LogP contribution < -0.4 is 11.5 Å². The molecule has 0 bridgehead atoms. The van der Waals surface area contributed by atoms with E-state index in [-0.39, 0.29) is 5.69 Å². The number of primary amides is 1. The molecule has 0 aliphatic carbocycles. The lowest BCUT2D eigenvalue weighted by molar-refractivity contribution is 0.0996. The van der Waals surface area contributed by atoms with Gasteiger partial charge in [-0.3, -0.25) is 4.79 Å². The van der Waals surface area contributed by atoms with Crippen molar-refractivity contribution in [3.05, 3.63) is 11.1 Å². The van der Waals surface area contributed by atoms with E-state index in [1.54, 1.807) is 0 Å². The van der Waals surface area contributed by atoms with E-state index in [4.69, 9.17) is 11.5 Å². The number of aromatic nitrogens is 1. The summed E-state index contributed by atoms with van der Waals surface area (Å²) >= 11 is 1.20. The molecule has 4 nitrogen and oxygen atoms in total. The first-order valence-electron chi connectivity index (χ1n) is 2.21. The Morgan fingerprint density at radius 2 is 2.44 bits per heavy atom. The van der Waals surface area contributed by atoms with Gasteiger partial charge in [-0.1, -0.05) is 0 Å². The van der Waals surface area contributed by atoms with Crippen LogP contribution in [-0.2, 0) is 0 Å². The van der Waals surface area contributed by atoms with Crippen LogP contribution in [0.5, 0.6) is 0 Å². The molecule has 0 saturated heterocycles. The van der Waals surface area contributed by atoms with E-state index >= 15 is 0 Å². The molecule has 0 aliphatic rings. The maximum atomic E-state index is 10.3. The van der Waals surface area contributed by atoms with Gasteiger partial charge in [-0.15, -0.1) is 11.3 Å². The predicted octanol–water partition coefficient (Wildman–Crippen LogP) is -0.176. The molecule has 0 saturated carbocycles. The number of carbonyl (C=O) groups excluding carboxylic acids is 1. The molecular weight excluding hydrogens is 138 g/mol. The lowest BCUT2D eigenvalue weighted by Crippen LogP contribution is -2.11. The van der Waals surface area contributed by atoms with Crippen LogP contribution in [0.15, 0.2) is 5.38 Å². The molecule has 1 amide bonds. The fourth-order valence-electron chi connectivity index (χ4n) is 0.401. The molecule has 1 rings (SSSR count). The van der Waals surface area contributed by atoms with Gasteiger partial charge in [0.25, 0.3) is 5.91 Å². The second-order valence-electron chi connectivity index (χ2n) is 1.44. The van der Waals surface area contributed by atoms with Crippen molar-refractivity contribution in [2.45, 2.75) is 0 Å². The van der Waals surface area contributed by atoms with Crippen molar-refractivity contribution in [2.75, 3.05) is 5.73 Å². The molecule has 4 N–H and O–H groups in total. The number of hydrogen-bond acceptors (Lipinski definition) is 4. The molecule has 48 valence electrons. The number of hydrogen-bond donors (Lipinski definition) is 2. The lowest BCUT2D eigenvalue weighted by atomic mass is 10.5. The number of nitrogens with two attached hydrogens (primary N) is 2. The van der Waals surface area contributed by atoms with Gasteiger partial charge in [-0.25, -0.2) is 4.98 Å². The van der Waals surface area contributed by atoms with Crippen molar-refractivity contribution in [1.82, 2.24) is 4.98 Å². The zero-order valence-corrected chi connectivity index (χ0v) is 5.31. The minimum atomic E-state index is -0.539. The van der Waals surface area contributed by atoms with Gasteiger partial charge in [0.05, 0.1) is 0 Å². The maximum Gasteiger partial charge on any atom is 0.268 e. The van der Waals surface area contributed by atoms with Gasteiger partial charge in [-0.05, 0) is 0 Å². The maximum absolute atomic E-state index is 10.3. The van der Waals surface area contributed by atoms with Crippen LogP contribution >= 0.6 is 11.3 Å². The molecule has 5 heteroatoms. The van der Waals surface area contributed by atoms with Crippen LogP contribution in [0.2, 0.25) is 0 Å². The van der Waals surface area contributed by atoms with Gasteiger partial charge < -0.3 is 11.5 Å². The highest BCUT2D eigenvalue weighted by molar-refractivity contribution is 7.13. The summed E-state index contributed by atoms with van der Waals surface area (Å²) in [5.74, 6) is -0.539. The smallest absolute Gasteiger partial charge is 0.268 e. The molecular formula is C4H5N3OS. The molecule has 9 heavy (non-hydrogen) atoms. The fourth-order valence-corrected chi connectivity index (χ4v) is 0.953. The summed E-state index contributed by atoms with van der Waals surface area (Å²) in [6.07, 6.45) is 0. The van der Waals surface area contributed by atoms with Gasteiger partial charge in [0.15, 0.2) is 5.13 Å². The lowest BCUT2D eigenvalue weighted by Gasteiger charge is -1.80. The third-order valence-electron chi connectivity index (χ3n) is 0.774. The average Bonchev–Trinajstić information content (AvgIpc) is 2.14. The number of nitrogen functional groups attached to an aromatic ring is 1. The second-order valence-corrected chi connectivity index (χ2v) is 2.32. The summed E-state index contributed by atoms with van der Waals surface area (Å²) in [7, 11) is 0. The first-order chi connectivity index (χ1) is 4.20. The average molecular weight is 143 g/mol. The second kappa shape index (κ2) is 2.02. The van der Waals surface area contributed by atoms with E-state index in [2.05, 4.69) is 4.98 Å². The summed E-state index contributed by atoms with van der Waals surface area (Å²) in [5, 5.41) is 1.89. The van der Waals surface area contributed by atoms with Crippen molar-refractivity contribution < 1.29 is 4.79 Å². The van der Waals surface area contributed by atoms with Crippen molar-refractivity contribution in [2.24, 2.45) is 5.73 Å². The molecule has 0 fully saturated rings. The minimum Gasteiger partial charge on any atom is -0.375 e. The zero-order valence-electron chi connectivity index (χ0n) is 4.50. The van der Waals surface area contributed by atoms with Crippen LogP contribution in [0.3, 0.4) is 0 Å². The molecule has 0 aliphatic heterocycles. The Hall–Kier alpha value is -1.10. The van der Waals surface area contributed by atoms with Gasteiger partial charge in [0.1, 0.15) is 5.69 Å². The number of rotatable bonds is 1. The van der Waals surface area contributed by atoms with Gasteiger partial charge in [0.2, 0.25) is 0 Å². The Labute approximate surface area is 55.5 Å². The van der Waals surface area contributed by atoms with Gasteiger partial charge in [0, 0.05) is 5.38 Å². The third kappa shape index (κ3) is 1.17. The molecule has 0 unspecified atom stereocenters. The van der Waals surface area contributed by atoms with E-state index in [9.17, 15) is 4.79 Å². The highest BCUT2D eigenvalue weighted by Gasteiger charge is 2.02. The standard InChI is InChI=1S/C4H5N3OS/c5-3(8)2-1-9-4(6)7-2/h1H,(H2,5,8)(H2,6,7). The Balaban J connectivity index is 2.98. The van der Waals surface area contributed by atoms with E-state index in [0.29, 0.717) is 5.13 Å². The largest absolute Gasteiger partial charge is 0.375 e. The van der Waals surface area contributed by atoms with Crippen LogP contribution in [-0.4, -0.2) is 10.9 Å². The van der Waals surface area contributed by atoms with Crippen molar-refractivity contribution in [1.29, 1.82) is 0 Å². The van der Waals surface area contributed by atoms with Crippen LogP contribution in [0.4, 0.5) is 5.13 Å². The van der Waals surface area contributed by atoms with Crippen LogP contribution in [0.1, 0.15) is 10.5 Å². The number of nitrogens with zero attached hydrogens (tertiary/aromatic N) is 1. The minimum absolute atomic E-state index is 0.234. The zero-order chi connectivity index (χ0) is 6.85. The molecule has 0 atom stereocenters. The number of anilines is 1. The summed E-state index contributed by atoms with van der Waals surface area (Å²) in [6.45, 7) is 0. The number of amides is 1. The highest BCUT2D eigenvalue weighted by atomic mass is 32.1. The Morgan fingerprint density at radius 3 is 2.67 bits per heavy atom.